The van der Waals surface area contributed by atoms with E-state index in [0.717, 1.165) is 62.3 Å². The lowest BCUT2D eigenvalue weighted by atomic mass is 10.1. The summed E-state index contributed by atoms with van der Waals surface area (Å²) in [6.07, 6.45) is 4.29. The van der Waals surface area contributed by atoms with E-state index in [2.05, 4.69) is 15.3 Å². The van der Waals surface area contributed by atoms with E-state index in [1.165, 1.54) is 29.3 Å². The molecule has 1 aromatic heterocycles. The van der Waals surface area contributed by atoms with Gasteiger partial charge < -0.3 is 19.7 Å². The zero-order chi connectivity index (χ0) is 26.5. The third-order valence-corrected chi connectivity index (χ3v) is 6.97. The van der Waals surface area contributed by atoms with Crippen molar-refractivity contribution in [2.45, 2.75) is 26.0 Å². The molecule has 0 bridgehead atoms. The summed E-state index contributed by atoms with van der Waals surface area (Å²) in [5.41, 5.74) is 3.46. The zero-order valence-electron chi connectivity index (χ0n) is 21.6. The van der Waals surface area contributed by atoms with E-state index in [1.54, 1.807) is 6.92 Å². The highest BCUT2D eigenvalue weighted by atomic mass is 19.1. The quantitative estimate of drug-likeness (QED) is 0.318. The molecule has 200 valence electrons. The highest BCUT2D eigenvalue weighted by molar-refractivity contribution is 6.32. The van der Waals surface area contributed by atoms with Crippen molar-refractivity contribution >= 4 is 34.3 Å². The molecule has 0 radical (unpaired) electrons. The van der Waals surface area contributed by atoms with Crippen LogP contribution in [0.4, 0.5) is 10.1 Å². The van der Waals surface area contributed by atoms with Gasteiger partial charge in [0.25, 0.3) is 5.91 Å². The van der Waals surface area contributed by atoms with E-state index in [4.69, 9.17) is 4.74 Å². The number of rotatable bonds is 10. The molecule has 9 heteroatoms. The van der Waals surface area contributed by atoms with Crippen LogP contribution < -0.4 is 10.3 Å². The molecule has 2 aromatic carbocycles. The van der Waals surface area contributed by atoms with Gasteiger partial charge in [0, 0.05) is 48.8 Å². The maximum Gasteiger partial charge on any atom is 0.280 e. The number of fused-ring (bicyclic) bond motifs is 1. The number of amides is 1. The second-order valence-corrected chi connectivity index (χ2v) is 9.76. The maximum absolute atomic E-state index is 13.3. The van der Waals surface area contributed by atoms with Crippen LogP contribution in [0.2, 0.25) is 0 Å². The molecule has 8 nitrogen and oxygen atoms in total. The highest BCUT2D eigenvalue weighted by Gasteiger charge is 2.29. The van der Waals surface area contributed by atoms with Crippen LogP contribution in [-0.4, -0.2) is 78.2 Å². The first-order valence-corrected chi connectivity index (χ1v) is 13.1. The number of para-hydroxylation sites is 1. The van der Waals surface area contributed by atoms with Gasteiger partial charge in [0.05, 0.1) is 36.3 Å². The van der Waals surface area contributed by atoms with E-state index in [0.29, 0.717) is 30.1 Å². The molecule has 38 heavy (non-hydrogen) atoms. The monoisotopic (exact) mass is 519 g/mol. The summed E-state index contributed by atoms with van der Waals surface area (Å²) >= 11 is 0. The van der Waals surface area contributed by atoms with Crippen LogP contribution in [0, 0.1) is 5.82 Å². The van der Waals surface area contributed by atoms with Crippen LogP contribution in [0.15, 0.2) is 65.4 Å². The summed E-state index contributed by atoms with van der Waals surface area (Å²) in [4.78, 5) is 15.6. The van der Waals surface area contributed by atoms with Crippen molar-refractivity contribution in [3.05, 3.63) is 71.7 Å². The molecule has 1 amide bonds. The average Bonchev–Trinajstić information content (AvgIpc) is 3.41. The number of benzene rings is 2. The van der Waals surface area contributed by atoms with E-state index >= 15 is 0 Å². The minimum absolute atomic E-state index is 0.257. The van der Waals surface area contributed by atoms with Gasteiger partial charge in [0.1, 0.15) is 5.82 Å². The number of anilines is 1. The first-order valence-electron chi connectivity index (χ1n) is 13.1. The first-order chi connectivity index (χ1) is 18.5. The van der Waals surface area contributed by atoms with Crippen LogP contribution in [0.5, 0.6) is 0 Å². The van der Waals surface area contributed by atoms with Crippen LogP contribution in [0.25, 0.3) is 17.0 Å². The third-order valence-electron chi connectivity index (χ3n) is 6.97. The highest BCUT2D eigenvalue weighted by Crippen LogP contribution is 2.28. The van der Waals surface area contributed by atoms with Gasteiger partial charge >= 0.3 is 0 Å². The van der Waals surface area contributed by atoms with E-state index in [-0.39, 0.29) is 11.7 Å². The molecule has 1 fully saturated rings. The van der Waals surface area contributed by atoms with Crippen LogP contribution in [-0.2, 0) is 16.1 Å². The normalized spacial score (nSPS) is 18.5. The molecule has 0 spiro atoms. The number of carbonyl (C=O) groups is 1. The Kier molecular flexibility index (Phi) is 8.29. The standard InChI is InChI=1S/C29H34FN5O3/c1-21-27(29(37)35(32-21)24-9-7-23(30)8-10-24)17-22-19-34(28-6-3-2-5-26(22)28)20-25(36)18-31-11-4-12-33-13-15-38-16-14-33/h2-3,5-10,17,19,25,31,36H,4,11-16,18,20H2,1H3/b27-17+/t25-/m0/s1. The van der Waals surface area contributed by atoms with Crippen molar-refractivity contribution in [3.8, 4) is 0 Å². The van der Waals surface area contributed by atoms with E-state index in [9.17, 15) is 14.3 Å². The molecule has 2 aliphatic rings. The van der Waals surface area contributed by atoms with Crippen LogP contribution in [0.1, 0.15) is 18.9 Å². The SMILES string of the molecule is CC1=NN(c2ccc(F)cc2)C(=O)/C1=C/c1cn(C[C@@H](O)CNCCCN2CCOCC2)c2ccccc12. The van der Waals surface area contributed by atoms with Crippen molar-refractivity contribution < 1.29 is 19.0 Å². The number of aromatic nitrogens is 1. The lowest BCUT2D eigenvalue weighted by Gasteiger charge is -2.26. The van der Waals surface area contributed by atoms with Crippen molar-refractivity contribution in [1.82, 2.24) is 14.8 Å². The van der Waals surface area contributed by atoms with Crippen molar-refractivity contribution in [1.29, 1.82) is 0 Å². The number of hydrogen-bond acceptors (Lipinski definition) is 6. The van der Waals surface area contributed by atoms with Crippen molar-refractivity contribution in [2.75, 3.05) is 50.9 Å². The summed E-state index contributed by atoms with van der Waals surface area (Å²) < 4.78 is 20.8. The predicted octanol–water partition coefficient (Wildman–Crippen LogP) is 3.26. The zero-order valence-corrected chi connectivity index (χ0v) is 21.6. The second kappa shape index (κ2) is 12.0. The minimum Gasteiger partial charge on any atom is -0.390 e. The van der Waals surface area contributed by atoms with Crippen LogP contribution >= 0.6 is 0 Å². The van der Waals surface area contributed by atoms with Gasteiger partial charge in [-0.25, -0.2) is 4.39 Å². The fraction of sp³-hybridized carbons (Fsp3) is 0.379. The van der Waals surface area contributed by atoms with Gasteiger partial charge in [-0.1, -0.05) is 18.2 Å². The molecular weight excluding hydrogens is 485 g/mol. The molecule has 0 saturated carbocycles. The van der Waals surface area contributed by atoms with E-state index in [1.807, 2.05) is 41.1 Å². The van der Waals surface area contributed by atoms with Crippen molar-refractivity contribution in [2.24, 2.45) is 5.10 Å². The smallest absolute Gasteiger partial charge is 0.280 e. The molecule has 1 atom stereocenters. The van der Waals surface area contributed by atoms with Gasteiger partial charge in [-0.2, -0.15) is 10.1 Å². The number of hydrogen-bond donors (Lipinski definition) is 2. The molecule has 0 unspecified atom stereocenters. The molecule has 2 N–H and O–H groups in total. The molecule has 5 rings (SSSR count). The van der Waals surface area contributed by atoms with E-state index < -0.39 is 6.10 Å². The van der Waals surface area contributed by atoms with Crippen LogP contribution in [0.3, 0.4) is 0 Å². The molecule has 3 heterocycles. The first kappa shape index (κ1) is 26.2. The van der Waals surface area contributed by atoms with Crippen molar-refractivity contribution in [3.63, 3.8) is 0 Å². The Morgan fingerprint density at radius 2 is 1.92 bits per heavy atom. The lowest BCUT2D eigenvalue weighted by Crippen LogP contribution is -2.38. The topological polar surface area (TPSA) is 82.3 Å². The molecule has 2 aliphatic heterocycles. The van der Waals surface area contributed by atoms with Gasteiger partial charge in [-0.3, -0.25) is 9.69 Å². The Morgan fingerprint density at radius 3 is 2.71 bits per heavy atom. The number of halogens is 1. The van der Waals surface area contributed by atoms with Gasteiger partial charge in [-0.05, 0) is 62.8 Å². The molecule has 1 saturated heterocycles. The fourth-order valence-corrected chi connectivity index (χ4v) is 4.95. The van der Waals surface area contributed by atoms with Gasteiger partial charge in [0.2, 0.25) is 0 Å². The summed E-state index contributed by atoms with van der Waals surface area (Å²) in [5.74, 6) is -0.623. The largest absolute Gasteiger partial charge is 0.390 e. The Balaban J connectivity index is 1.24. The Bertz CT molecular complexity index is 1330. The third kappa shape index (κ3) is 6.02. The number of hydrazone groups is 1. The average molecular weight is 520 g/mol. The molecular formula is C29H34FN5O3. The number of morpholine rings is 1. The van der Waals surface area contributed by atoms with Gasteiger partial charge in [0.15, 0.2) is 0 Å². The fourth-order valence-electron chi connectivity index (χ4n) is 4.95. The number of nitrogens with zero attached hydrogens (tertiary/aromatic N) is 4. The molecule has 0 aliphatic carbocycles. The second-order valence-electron chi connectivity index (χ2n) is 9.76. The lowest BCUT2D eigenvalue weighted by molar-refractivity contribution is -0.114. The Labute approximate surface area is 222 Å². The summed E-state index contributed by atoms with van der Waals surface area (Å²) in [5, 5.41) is 20.8. The molecule has 3 aromatic rings. The summed E-state index contributed by atoms with van der Waals surface area (Å²) in [6.45, 7) is 8.21. The minimum atomic E-state index is -0.555. The number of ether oxygens (including phenoxy) is 1. The summed E-state index contributed by atoms with van der Waals surface area (Å²) in [7, 11) is 0. The number of aliphatic hydroxyl groups excluding tert-OH is 1. The van der Waals surface area contributed by atoms with Gasteiger partial charge in [-0.15, -0.1) is 0 Å². The number of nitrogens with one attached hydrogen (secondary N) is 1. The number of carbonyl (C=O) groups excluding carboxylic acids is 1. The Hall–Kier alpha value is -3.37. The maximum atomic E-state index is 13.3. The Morgan fingerprint density at radius 1 is 1.16 bits per heavy atom. The number of aliphatic hydroxyl groups is 1. The summed E-state index contributed by atoms with van der Waals surface area (Å²) in [6, 6.07) is 13.7. The predicted molar refractivity (Wildman–Crippen MR) is 148 cm³/mol.